The van der Waals surface area contributed by atoms with Gasteiger partial charge in [-0.2, -0.15) is 0 Å². The first-order valence-electron chi connectivity index (χ1n) is 5.56. The van der Waals surface area contributed by atoms with Gasteiger partial charge < -0.3 is 9.84 Å². The zero-order chi connectivity index (χ0) is 10.8. The summed E-state index contributed by atoms with van der Waals surface area (Å²) in [6, 6.07) is 0. The van der Waals surface area contributed by atoms with Crippen molar-refractivity contribution in [2.24, 2.45) is 11.8 Å². The fraction of sp³-hybridized carbons (Fsp3) is 0.818. The van der Waals surface area contributed by atoms with E-state index in [-0.39, 0.29) is 24.9 Å². The van der Waals surface area contributed by atoms with Crippen LogP contribution in [0.1, 0.15) is 38.5 Å². The van der Waals surface area contributed by atoms with Gasteiger partial charge in [0.05, 0.1) is 12.8 Å². The fourth-order valence-corrected chi connectivity index (χ4v) is 2.77. The van der Waals surface area contributed by atoms with Gasteiger partial charge in [0.1, 0.15) is 6.10 Å². The maximum atomic E-state index is 11.3. The van der Waals surface area contributed by atoms with Crippen molar-refractivity contribution in [3.63, 3.8) is 0 Å². The number of esters is 1. The van der Waals surface area contributed by atoms with E-state index in [1.165, 1.54) is 19.3 Å². The summed E-state index contributed by atoms with van der Waals surface area (Å²) in [5.74, 6) is -0.00843. The monoisotopic (exact) mass is 212 g/mol. The van der Waals surface area contributed by atoms with Crippen LogP contribution in [0.2, 0.25) is 0 Å². The number of carboxylic acids is 1. The number of hydrogen-bond donors (Lipinski definition) is 1. The van der Waals surface area contributed by atoms with E-state index in [0.717, 1.165) is 12.3 Å². The van der Waals surface area contributed by atoms with Crippen molar-refractivity contribution in [2.75, 3.05) is 0 Å². The first kappa shape index (κ1) is 10.5. The zero-order valence-electron chi connectivity index (χ0n) is 8.65. The van der Waals surface area contributed by atoms with Crippen molar-refractivity contribution in [1.82, 2.24) is 0 Å². The number of carbonyl (C=O) groups excluding carboxylic acids is 1. The minimum atomic E-state index is -0.945. The van der Waals surface area contributed by atoms with Crippen LogP contribution in [-0.2, 0) is 14.3 Å². The van der Waals surface area contributed by atoms with Crippen molar-refractivity contribution >= 4 is 11.9 Å². The molecule has 2 aliphatic rings. The third-order valence-electron chi connectivity index (χ3n) is 3.50. The largest absolute Gasteiger partial charge is 0.481 e. The van der Waals surface area contributed by atoms with Gasteiger partial charge in [-0.1, -0.05) is 0 Å². The third-order valence-corrected chi connectivity index (χ3v) is 3.50. The molecule has 0 aromatic rings. The molecule has 4 heteroatoms. The van der Waals surface area contributed by atoms with Gasteiger partial charge in [-0.25, -0.2) is 0 Å². The smallest absolute Gasteiger partial charge is 0.306 e. The van der Waals surface area contributed by atoms with Crippen molar-refractivity contribution in [3.05, 3.63) is 0 Å². The lowest BCUT2D eigenvalue weighted by Gasteiger charge is -2.21. The summed E-state index contributed by atoms with van der Waals surface area (Å²) in [5.41, 5.74) is 0. The number of carboxylic acid groups (broad SMARTS) is 1. The Hall–Kier alpha value is -1.06. The Morgan fingerprint density at radius 1 is 1.20 bits per heavy atom. The maximum absolute atomic E-state index is 11.3. The molecule has 0 saturated heterocycles. The van der Waals surface area contributed by atoms with Crippen molar-refractivity contribution in [3.8, 4) is 0 Å². The normalized spacial score (nSPS) is 32.9. The number of ether oxygens (including phenoxy) is 1. The van der Waals surface area contributed by atoms with Gasteiger partial charge in [-0.3, -0.25) is 9.59 Å². The molecule has 0 aromatic heterocycles. The standard InChI is InChI=1S/C11H16O4/c12-10(13)3-4-11(14)15-9-6-7-1-2-8(9)5-7/h7-9H,1-6H2,(H,12,13)/t7-,8+,9+/m1/s1. The molecule has 0 aromatic carbocycles. The lowest BCUT2D eigenvalue weighted by molar-refractivity contribution is -0.154. The Morgan fingerprint density at radius 3 is 2.53 bits per heavy atom. The SMILES string of the molecule is O=C(O)CCC(=O)O[C@H]1C[C@@H]2CC[C@H]1C2. The fourth-order valence-electron chi connectivity index (χ4n) is 2.77. The summed E-state index contributed by atoms with van der Waals surface area (Å²) < 4.78 is 5.29. The van der Waals surface area contributed by atoms with Gasteiger partial charge in [-0.15, -0.1) is 0 Å². The Balaban J connectivity index is 1.73. The second kappa shape index (κ2) is 4.21. The van der Waals surface area contributed by atoms with Crippen molar-refractivity contribution in [2.45, 2.75) is 44.6 Å². The van der Waals surface area contributed by atoms with Crippen LogP contribution >= 0.6 is 0 Å². The molecule has 2 rings (SSSR count). The van der Waals surface area contributed by atoms with Gasteiger partial charge in [-0.05, 0) is 37.5 Å². The molecule has 2 fully saturated rings. The highest BCUT2D eigenvalue weighted by Crippen LogP contribution is 2.45. The highest BCUT2D eigenvalue weighted by molar-refractivity contribution is 5.76. The van der Waals surface area contributed by atoms with E-state index >= 15 is 0 Å². The van der Waals surface area contributed by atoms with Crippen LogP contribution in [0.15, 0.2) is 0 Å². The van der Waals surface area contributed by atoms with Crippen LogP contribution in [0.3, 0.4) is 0 Å². The molecule has 2 bridgehead atoms. The van der Waals surface area contributed by atoms with Crippen LogP contribution in [0, 0.1) is 11.8 Å². The minimum Gasteiger partial charge on any atom is -0.481 e. The predicted octanol–water partition coefficient (Wildman–Crippen LogP) is 1.58. The van der Waals surface area contributed by atoms with E-state index in [0.29, 0.717) is 5.92 Å². The summed E-state index contributed by atoms with van der Waals surface area (Å²) in [7, 11) is 0. The van der Waals surface area contributed by atoms with Crippen molar-refractivity contribution < 1.29 is 19.4 Å². The first-order chi connectivity index (χ1) is 7.15. The summed E-state index contributed by atoms with van der Waals surface area (Å²) in [5, 5.41) is 8.42. The Kier molecular flexibility index (Phi) is 2.93. The number of aliphatic carboxylic acids is 1. The van der Waals surface area contributed by atoms with Crippen LogP contribution in [0.25, 0.3) is 0 Å². The quantitative estimate of drug-likeness (QED) is 0.718. The van der Waals surface area contributed by atoms with E-state index < -0.39 is 5.97 Å². The van der Waals surface area contributed by atoms with E-state index in [1.54, 1.807) is 0 Å². The second-order valence-electron chi connectivity index (χ2n) is 4.60. The molecule has 2 aliphatic carbocycles. The lowest BCUT2D eigenvalue weighted by atomic mass is 9.98. The van der Waals surface area contributed by atoms with E-state index in [9.17, 15) is 9.59 Å². The molecule has 0 radical (unpaired) electrons. The Morgan fingerprint density at radius 2 is 2.00 bits per heavy atom. The van der Waals surface area contributed by atoms with Gasteiger partial charge in [0.2, 0.25) is 0 Å². The molecule has 3 atom stereocenters. The topological polar surface area (TPSA) is 63.6 Å². The molecular formula is C11H16O4. The highest BCUT2D eigenvalue weighted by Gasteiger charge is 2.41. The molecular weight excluding hydrogens is 196 g/mol. The zero-order valence-corrected chi connectivity index (χ0v) is 8.65. The predicted molar refractivity (Wildman–Crippen MR) is 52.2 cm³/mol. The van der Waals surface area contributed by atoms with Crippen LogP contribution in [-0.4, -0.2) is 23.1 Å². The average molecular weight is 212 g/mol. The van der Waals surface area contributed by atoms with Gasteiger partial charge in [0.15, 0.2) is 0 Å². The molecule has 0 unspecified atom stereocenters. The van der Waals surface area contributed by atoms with E-state index in [2.05, 4.69) is 0 Å². The number of rotatable bonds is 4. The van der Waals surface area contributed by atoms with Gasteiger partial charge >= 0.3 is 11.9 Å². The summed E-state index contributed by atoms with van der Waals surface area (Å²) in [4.78, 5) is 21.6. The highest BCUT2D eigenvalue weighted by atomic mass is 16.5. The number of fused-ring (bicyclic) bond motifs is 2. The lowest BCUT2D eigenvalue weighted by Crippen LogP contribution is -2.24. The molecule has 4 nitrogen and oxygen atoms in total. The summed E-state index contributed by atoms with van der Waals surface area (Å²) in [6.07, 6.45) is 4.57. The first-order valence-corrected chi connectivity index (χ1v) is 5.56. The third kappa shape index (κ3) is 2.49. The van der Waals surface area contributed by atoms with E-state index in [1.807, 2.05) is 0 Å². The van der Waals surface area contributed by atoms with Crippen molar-refractivity contribution in [1.29, 1.82) is 0 Å². The summed E-state index contributed by atoms with van der Waals surface area (Å²) >= 11 is 0. The van der Waals surface area contributed by atoms with Crippen LogP contribution in [0.5, 0.6) is 0 Å². The van der Waals surface area contributed by atoms with Crippen LogP contribution in [0.4, 0.5) is 0 Å². The number of carbonyl (C=O) groups is 2. The molecule has 0 spiro atoms. The molecule has 15 heavy (non-hydrogen) atoms. The minimum absolute atomic E-state index is 0.00319. The van der Waals surface area contributed by atoms with E-state index in [4.69, 9.17) is 9.84 Å². The molecule has 0 amide bonds. The molecule has 2 saturated carbocycles. The van der Waals surface area contributed by atoms with Crippen LogP contribution < -0.4 is 0 Å². The molecule has 84 valence electrons. The Bertz CT molecular complexity index is 274. The van der Waals surface area contributed by atoms with Gasteiger partial charge in [0, 0.05) is 0 Å². The molecule has 0 heterocycles. The van der Waals surface area contributed by atoms with Gasteiger partial charge in [0.25, 0.3) is 0 Å². The maximum Gasteiger partial charge on any atom is 0.306 e. The second-order valence-corrected chi connectivity index (χ2v) is 4.60. The summed E-state index contributed by atoms with van der Waals surface area (Å²) in [6.45, 7) is 0. The molecule has 0 aliphatic heterocycles. The Labute approximate surface area is 88.6 Å². The number of hydrogen-bond acceptors (Lipinski definition) is 3. The molecule has 1 N–H and O–H groups in total. The average Bonchev–Trinajstić information content (AvgIpc) is 2.76.